The maximum absolute atomic E-state index is 9.75. The second-order valence-corrected chi connectivity index (χ2v) is 3.99. The van der Waals surface area contributed by atoms with Crippen molar-refractivity contribution in [2.45, 2.75) is 45.1 Å². The van der Waals surface area contributed by atoms with Crippen molar-refractivity contribution in [3.8, 4) is 0 Å². The number of hydrogen-bond acceptors (Lipinski definition) is 1. The number of benzene rings is 1. The van der Waals surface area contributed by atoms with Crippen LogP contribution in [0.2, 0.25) is 0 Å². The topological polar surface area (TPSA) is 20.2 Å². The van der Waals surface area contributed by atoms with E-state index in [-0.39, 0.29) is 6.10 Å². The normalized spacial score (nSPS) is 12.7. The van der Waals surface area contributed by atoms with Gasteiger partial charge in [-0.3, -0.25) is 0 Å². The minimum absolute atomic E-state index is 0.288. The number of aliphatic hydroxyl groups excluding tert-OH is 1. The third kappa shape index (κ3) is 5.58. The van der Waals surface area contributed by atoms with Gasteiger partial charge < -0.3 is 5.11 Å². The summed E-state index contributed by atoms with van der Waals surface area (Å²) in [5, 5.41) is 9.75. The molecule has 1 heteroatoms. The van der Waals surface area contributed by atoms with E-state index in [0.717, 1.165) is 18.4 Å². The minimum atomic E-state index is -0.288. The molecular formula is C14H21O. The fraction of sp³-hybridized carbons (Fsp3) is 0.500. The Hall–Kier alpha value is -0.820. The first-order chi connectivity index (χ1) is 7.33. The maximum atomic E-state index is 9.75. The van der Waals surface area contributed by atoms with Crippen molar-refractivity contribution in [3.05, 3.63) is 42.3 Å². The van der Waals surface area contributed by atoms with Gasteiger partial charge in [0.2, 0.25) is 0 Å². The zero-order valence-corrected chi connectivity index (χ0v) is 9.52. The van der Waals surface area contributed by atoms with E-state index < -0.39 is 0 Å². The number of rotatable bonds is 7. The molecule has 0 heterocycles. The summed E-state index contributed by atoms with van der Waals surface area (Å²) in [5.74, 6) is 0. The minimum Gasteiger partial charge on any atom is -0.392 e. The monoisotopic (exact) mass is 205 g/mol. The van der Waals surface area contributed by atoms with Gasteiger partial charge in [-0.25, -0.2) is 0 Å². The van der Waals surface area contributed by atoms with E-state index in [9.17, 15) is 5.11 Å². The average molecular weight is 205 g/mol. The molecular weight excluding hydrogens is 184 g/mol. The Morgan fingerprint density at radius 2 is 1.87 bits per heavy atom. The fourth-order valence-electron chi connectivity index (χ4n) is 1.65. The largest absolute Gasteiger partial charge is 0.392 e. The Labute approximate surface area is 93.1 Å². The number of hydrogen-bond donors (Lipinski definition) is 1. The second-order valence-electron chi connectivity index (χ2n) is 3.99. The molecule has 1 unspecified atom stereocenters. The van der Waals surface area contributed by atoms with Gasteiger partial charge in [0.1, 0.15) is 0 Å². The van der Waals surface area contributed by atoms with Crippen molar-refractivity contribution in [1.29, 1.82) is 0 Å². The summed E-state index contributed by atoms with van der Waals surface area (Å²) in [6.45, 7) is 2.20. The first-order valence-corrected chi connectivity index (χ1v) is 5.91. The van der Waals surface area contributed by atoms with Gasteiger partial charge in [-0.15, -0.1) is 0 Å². The zero-order valence-electron chi connectivity index (χ0n) is 9.52. The van der Waals surface area contributed by atoms with Crippen LogP contribution in [0.25, 0.3) is 0 Å². The molecule has 1 aromatic carbocycles. The third-order valence-corrected chi connectivity index (χ3v) is 2.54. The van der Waals surface area contributed by atoms with E-state index in [0.29, 0.717) is 0 Å². The Morgan fingerprint density at radius 3 is 2.53 bits per heavy atom. The predicted molar refractivity (Wildman–Crippen MR) is 64.6 cm³/mol. The summed E-state index contributed by atoms with van der Waals surface area (Å²) in [5.41, 5.74) is 1.11. The molecule has 0 aliphatic carbocycles. The van der Waals surface area contributed by atoms with E-state index in [1.54, 1.807) is 0 Å². The molecule has 0 bridgehead atoms. The summed E-state index contributed by atoms with van der Waals surface area (Å²) in [7, 11) is 0. The molecule has 0 aliphatic rings. The molecule has 1 rings (SSSR count). The Morgan fingerprint density at radius 1 is 1.13 bits per heavy atom. The molecule has 83 valence electrons. The standard InChI is InChI=1S/C14H21O/c1-2-3-4-8-11-14(15)12-13-9-6-5-7-10-13/h5-7,9-10,12,14-15H,2-4,8,11H2,1H3. The zero-order chi connectivity index (χ0) is 10.9. The van der Waals surface area contributed by atoms with Gasteiger partial charge in [-0.05, 0) is 12.0 Å². The van der Waals surface area contributed by atoms with E-state index in [1.165, 1.54) is 19.3 Å². The van der Waals surface area contributed by atoms with Crippen molar-refractivity contribution in [1.82, 2.24) is 0 Å². The van der Waals surface area contributed by atoms with E-state index in [2.05, 4.69) is 6.92 Å². The Bertz CT molecular complexity index is 243. The SMILES string of the molecule is CCCCCCC(O)[CH]c1ccccc1. The van der Waals surface area contributed by atoms with Gasteiger partial charge >= 0.3 is 0 Å². The lowest BCUT2D eigenvalue weighted by Crippen LogP contribution is -2.07. The molecule has 0 amide bonds. The first-order valence-electron chi connectivity index (χ1n) is 5.91. The van der Waals surface area contributed by atoms with Crippen molar-refractivity contribution < 1.29 is 5.11 Å². The van der Waals surface area contributed by atoms with Gasteiger partial charge in [0.05, 0.1) is 6.10 Å². The summed E-state index contributed by atoms with van der Waals surface area (Å²) >= 11 is 0. The van der Waals surface area contributed by atoms with Gasteiger partial charge in [0.15, 0.2) is 0 Å². The molecule has 0 saturated carbocycles. The summed E-state index contributed by atoms with van der Waals surface area (Å²) < 4.78 is 0. The highest BCUT2D eigenvalue weighted by Crippen LogP contribution is 2.11. The first kappa shape index (κ1) is 12.3. The van der Waals surface area contributed by atoms with Crippen LogP contribution in [-0.4, -0.2) is 11.2 Å². The van der Waals surface area contributed by atoms with Crippen LogP contribution in [0.3, 0.4) is 0 Å². The second kappa shape index (κ2) is 7.47. The van der Waals surface area contributed by atoms with Crippen molar-refractivity contribution >= 4 is 0 Å². The van der Waals surface area contributed by atoms with Gasteiger partial charge in [-0.2, -0.15) is 0 Å². The lowest BCUT2D eigenvalue weighted by Gasteiger charge is -2.09. The third-order valence-electron chi connectivity index (χ3n) is 2.54. The molecule has 0 spiro atoms. The highest BCUT2D eigenvalue weighted by Gasteiger charge is 2.04. The van der Waals surface area contributed by atoms with Crippen LogP contribution < -0.4 is 0 Å². The molecule has 1 atom stereocenters. The predicted octanol–water partition coefficient (Wildman–Crippen LogP) is 3.57. The van der Waals surface area contributed by atoms with E-state index in [1.807, 2.05) is 36.8 Å². The number of unbranched alkanes of at least 4 members (excludes halogenated alkanes) is 3. The average Bonchev–Trinajstić information content (AvgIpc) is 2.26. The van der Waals surface area contributed by atoms with Crippen LogP contribution in [0, 0.1) is 6.42 Å². The Kier molecular flexibility index (Phi) is 6.10. The molecule has 1 nitrogen and oxygen atoms in total. The van der Waals surface area contributed by atoms with Crippen LogP contribution in [0.5, 0.6) is 0 Å². The van der Waals surface area contributed by atoms with Crippen molar-refractivity contribution in [3.63, 3.8) is 0 Å². The quantitative estimate of drug-likeness (QED) is 0.675. The lowest BCUT2D eigenvalue weighted by atomic mass is 10.0. The summed E-state index contributed by atoms with van der Waals surface area (Å²) in [6, 6.07) is 10.0. The van der Waals surface area contributed by atoms with Gasteiger partial charge in [0, 0.05) is 6.42 Å². The highest BCUT2D eigenvalue weighted by atomic mass is 16.3. The Balaban J connectivity index is 2.16. The smallest absolute Gasteiger partial charge is 0.0615 e. The van der Waals surface area contributed by atoms with Crippen molar-refractivity contribution in [2.75, 3.05) is 0 Å². The molecule has 0 aliphatic heterocycles. The fourth-order valence-corrected chi connectivity index (χ4v) is 1.65. The lowest BCUT2D eigenvalue weighted by molar-refractivity contribution is 0.195. The van der Waals surface area contributed by atoms with E-state index in [4.69, 9.17) is 0 Å². The number of aliphatic hydroxyl groups is 1. The summed E-state index contributed by atoms with van der Waals surface area (Å²) in [4.78, 5) is 0. The van der Waals surface area contributed by atoms with Crippen LogP contribution in [0.4, 0.5) is 0 Å². The highest BCUT2D eigenvalue weighted by molar-refractivity contribution is 5.23. The van der Waals surface area contributed by atoms with E-state index >= 15 is 0 Å². The van der Waals surface area contributed by atoms with Crippen LogP contribution in [-0.2, 0) is 0 Å². The molecule has 15 heavy (non-hydrogen) atoms. The summed E-state index contributed by atoms with van der Waals surface area (Å²) in [6.07, 6.45) is 7.41. The van der Waals surface area contributed by atoms with Gasteiger partial charge in [-0.1, -0.05) is 62.9 Å². The van der Waals surface area contributed by atoms with Crippen LogP contribution in [0.15, 0.2) is 30.3 Å². The van der Waals surface area contributed by atoms with Crippen LogP contribution in [0.1, 0.15) is 44.6 Å². The van der Waals surface area contributed by atoms with Crippen LogP contribution >= 0.6 is 0 Å². The molecule has 0 aromatic heterocycles. The van der Waals surface area contributed by atoms with Crippen molar-refractivity contribution in [2.24, 2.45) is 0 Å². The molecule has 0 saturated heterocycles. The van der Waals surface area contributed by atoms with Gasteiger partial charge in [0.25, 0.3) is 0 Å². The molecule has 1 radical (unpaired) electrons. The molecule has 1 N–H and O–H groups in total. The molecule has 0 fully saturated rings. The molecule has 1 aromatic rings. The maximum Gasteiger partial charge on any atom is 0.0615 e.